The van der Waals surface area contributed by atoms with Gasteiger partial charge >= 0.3 is 0 Å². The predicted molar refractivity (Wildman–Crippen MR) is 47.4 cm³/mol. The number of carbonyl (C=O) groups is 1. The second kappa shape index (κ2) is 2.61. The minimum absolute atomic E-state index is 0.195. The van der Waals surface area contributed by atoms with E-state index in [0.717, 1.165) is 12.8 Å². The minimum Gasteiger partial charge on any atom is -0.330 e. The summed E-state index contributed by atoms with van der Waals surface area (Å²) in [6.45, 7) is 2.26. The number of fused-ring (bicyclic) bond motifs is 1. The number of rotatable bonds is 0. The number of amides is 1. The van der Waals surface area contributed by atoms with Crippen LogP contribution in [-0.4, -0.2) is 5.91 Å². The van der Waals surface area contributed by atoms with Gasteiger partial charge in [0.05, 0.1) is 0 Å². The standard InChI is InChI=1S/C10H15NO/c1-10-6-3-2-4-8(10)11-9(12)5-7-10/h4H,2-3,5-7H2,1H3,(H,11,12)/t10-/m1/s1. The lowest BCUT2D eigenvalue weighted by Crippen LogP contribution is -2.40. The molecule has 0 spiro atoms. The third kappa shape index (κ3) is 1.15. The molecule has 0 aromatic heterocycles. The summed E-state index contributed by atoms with van der Waals surface area (Å²) < 4.78 is 0. The van der Waals surface area contributed by atoms with Crippen LogP contribution in [0.3, 0.4) is 0 Å². The fraction of sp³-hybridized carbons (Fsp3) is 0.700. The van der Waals surface area contributed by atoms with Crippen LogP contribution >= 0.6 is 0 Å². The lowest BCUT2D eigenvalue weighted by atomic mass is 9.72. The van der Waals surface area contributed by atoms with Crippen molar-refractivity contribution in [3.8, 4) is 0 Å². The minimum atomic E-state index is 0.195. The zero-order valence-electron chi connectivity index (χ0n) is 7.52. The SMILES string of the molecule is C[C@]12CCCC=C1NC(=O)CC2. The lowest BCUT2D eigenvalue weighted by molar-refractivity contribution is -0.122. The van der Waals surface area contributed by atoms with Gasteiger partial charge < -0.3 is 5.32 Å². The summed E-state index contributed by atoms with van der Waals surface area (Å²) in [6, 6.07) is 0. The molecular formula is C10H15NO. The van der Waals surface area contributed by atoms with Crippen molar-refractivity contribution in [2.45, 2.75) is 39.0 Å². The van der Waals surface area contributed by atoms with Crippen molar-refractivity contribution in [3.05, 3.63) is 11.8 Å². The number of nitrogens with one attached hydrogen (secondary N) is 1. The summed E-state index contributed by atoms with van der Waals surface area (Å²) in [7, 11) is 0. The Balaban J connectivity index is 2.25. The first-order chi connectivity index (χ1) is 5.71. The van der Waals surface area contributed by atoms with Crippen LogP contribution < -0.4 is 5.32 Å². The normalized spacial score (nSPS) is 35.1. The molecule has 1 heterocycles. The molecule has 2 nitrogen and oxygen atoms in total. The second-order valence-electron chi connectivity index (χ2n) is 4.12. The molecule has 0 bridgehead atoms. The smallest absolute Gasteiger partial charge is 0.224 e. The third-order valence-corrected chi connectivity index (χ3v) is 3.11. The van der Waals surface area contributed by atoms with Crippen molar-refractivity contribution in [2.75, 3.05) is 0 Å². The molecule has 0 unspecified atom stereocenters. The molecule has 1 aliphatic heterocycles. The summed E-state index contributed by atoms with van der Waals surface area (Å²) >= 11 is 0. The summed E-state index contributed by atoms with van der Waals surface area (Å²) in [4.78, 5) is 11.1. The molecule has 2 heteroatoms. The number of piperidine rings is 1. The highest BCUT2D eigenvalue weighted by Gasteiger charge is 2.35. The van der Waals surface area contributed by atoms with E-state index in [0.29, 0.717) is 6.42 Å². The predicted octanol–water partition coefficient (Wildman–Crippen LogP) is 1.97. The molecule has 0 radical (unpaired) electrons. The van der Waals surface area contributed by atoms with Crippen molar-refractivity contribution in [2.24, 2.45) is 5.41 Å². The number of hydrogen-bond acceptors (Lipinski definition) is 1. The van der Waals surface area contributed by atoms with E-state index in [4.69, 9.17) is 0 Å². The Morgan fingerprint density at radius 2 is 2.33 bits per heavy atom. The van der Waals surface area contributed by atoms with Gasteiger partial charge in [-0.3, -0.25) is 4.79 Å². The highest BCUT2D eigenvalue weighted by molar-refractivity contribution is 5.79. The molecule has 1 aliphatic carbocycles. The van der Waals surface area contributed by atoms with Gasteiger partial charge in [-0.05, 0) is 25.7 Å². The Morgan fingerprint density at radius 3 is 3.17 bits per heavy atom. The summed E-state index contributed by atoms with van der Waals surface area (Å²) in [6.07, 6.45) is 7.57. The van der Waals surface area contributed by atoms with Crippen LogP contribution in [0.4, 0.5) is 0 Å². The Labute approximate surface area is 73.0 Å². The Hall–Kier alpha value is -0.790. The van der Waals surface area contributed by atoms with E-state index in [1.54, 1.807) is 0 Å². The molecule has 1 saturated heterocycles. The number of carbonyl (C=O) groups excluding carboxylic acids is 1. The van der Waals surface area contributed by atoms with Crippen molar-refractivity contribution in [3.63, 3.8) is 0 Å². The highest BCUT2D eigenvalue weighted by atomic mass is 16.1. The van der Waals surface area contributed by atoms with E-state index in [2.05, 4.69) is 18.3 Å². The molecule has 12 heavy (non-hydrogen) atoms. The summed E-state index contributed by atoms with van der Waals surface area (Å²) in [5.41, 5.74) is 1.47. The average molecular weight is 165 g/mol. The highest BCUT2D eigenvalue weighted by Crippen LogP contribution is 2.41. The summed E-state index contributed by atoms with van der Waals surface area (Å²) in [5.74, 6) is 0.195. The maximum atomic E-state index is 11.1. The zero-order chi connectivity index (χ0) is 8.60. The molecule has 0 saturated carbocycles. The van der Waals surface area contributed by atoms with Crippen LogP contribution in [0.25, 0.3) is 0 Å². The molecule has 0 aromatic carbocycles. The van der Waals surface area contributed by atoms with Crippen LogP contribution in [0, 0.1) is 5.41 Å². The van der Waals surface area contributed by atoms with Crippen molar-refractivity contribution in [1.82, 2.24) is 5.32 Å². The van der Waals surface area contributed by atoms with E-state index in [1.807, 2.05) is 0 Å². The molecule has 1 atom stereocenters. The Bertz CT molecular complexity index is 244. The van der Waals surface area contributed by atoms with Crippen LogP contribution in [0.1, 0.15) is 39.0 Å². The van der Waals surface area contributed by atoms with E-state index in [9.17, 15) is 4.79 Å². The first-order valence-electron chi connectivity index (χ1n) is 4.71. The number of allylic oxidation sites excluding steroid dienone is 2. The van der Waals surface area contributed by atoms with E-state index in [1.165, 1.54) is 18.5 Å². The quantitative estimate of drug-likeness (QED) is 0.584. The van der Waals surface area contributed by atoms with Gasteiger partial charge in [0.15, 0.2) is 0 Å². The van der Waals surface area contributed by atoms with Crippen LogP contribution in [-0.2, 0) is 4.79 Å². The van der Waals surface area contributed by atoms with E-state index < -0.39 is 0 Å². The third-order valence-electron chi connectivity index (χ3n) is 3.11. The van der Waals surface area contributed by atoms with Gasteiger partial charge in [-0.2, -0.15) is 0 Å². The summed E-state index contributed by atoms with van der Waals surface area (Å²) in [5, 5.41) is 2.98. The fourth-order valence-electron chi connectivity index (χ4n) is 2.18. The molecule has 2 aliphatic rings. The molecule has 1 N–H and O–H groups in total. The monoisotopic (exact) mass is 165 g/mol. The van der Waals surface area contributed by atoms with Gasteiger partial charge in [-0.25, -0.2) is 0 Å². The van der Waals surface area contributed by atoms with Crippen molar-refractivity contribution < 1.29 is 4.79 Å². The molecule has 1 amide bonds. The van der Waals surface area contributed by atoms with Gasteiger partial charge in [0.2, 0.25) is 5.91 Å². The van der Waals surface area contributed by atoms with Crippen LogP contribution in [0.2, 0.25) is 0 Å². The lowest BCUT2D eigenvalue weighted by Gasteiger charge is -2.39. The van der Waals surface area contributed by atoms with E-state index >= 15 is 0 Å². The topological polar surface area (TPSA) is 29.1 Å². The molecule has 66 valence electrons. The second-order valence-corrected chi connectivity index (χ2v) is 4.12. The maximum Gasteiger partial charge on any atom is 0.224 e. The van der Waals surface area contributed by atoms with Gasteiger partial charge in [0.1, 0.15) is 0 Å². The largest absolute Gasteiger partial charge is 0.330 e. The molecule has 0 aromatic rings. The fourth-order valence-corrected chi connectivity index (χ4v) is 2.18. The Morgan fingerprint density at radius 1 is 1.50 bits per heavy atom. The Kier molecular flexibility index (Phi) is 1.71. The van der Waals surface area contributed by atoms with Gasteiger partial charge in [0, 0.05) is 17.5 Å². The molecule has 2 rings (SSSR count). The number of hydrogen-bond donors (Lipinski definition) is 1. The van der Waals surface area contributed by atoms with Gasteiger partial charge in [-0.15, -0.1) is 0 Å². The van der Waals surface area contributed by atoms with E-state index in [-0.39, 0.29) is 11.3 Å². The van der Waals surface area contributed by atoms with Gasteiger partial charge in [-0.1, -0.05) is 13.0 Å². The average Bonchev–Trinajstić information content (AvgIpc) is 2.06. The van der Waals surface area contributed by atoms with Gasteiger partial charge in [0.25, 0.3) is 0 Å². The first kappa shape index (κ1) is 7.84. The first-order valence-corrected chi connectivity index (χ1v) is 4.71. The zero-order valence-corrected chi connectivity index (χ0v) is 7.52. The van der Waals surface area contributed by atoms with Crippen molar-refractivity contribution >= 4 is 5.91 Å². The molecular weight excluding hydrogens is 150 g/mol. The molecule has 1 fully saturated rings. The van der Waals surface area contributed by atoms with Crippen LogP contribution in [0.5, 0.6) is 0 Å². The maximum absolute atomic E-state index is 11.1. The van der Waals surface area contributed by atoms with Crippen molar-refractivity contribution in [1.29, 1.82) is 0 Å². The van der Waals surface area contributed by atoms with Crippen LogP contribution in [0.15, 0.2) is 11.8 Å².